The second kappa shape index (κ2) is 11.2. The van der Waals surface area contributed by atoms with Crippen LogP contribution in [0.1, 0.15) is 54.9 Å². The molecule has 0 fully saturated rings. The summed E-state index contributed by atoms with van der Waals surface area (Å²) in [6.45, 7) is 7.89. The van der Waals surface area contributed by atoms with Crippen LogP contribution in [0.3, 0.4) is 0 Å². The Balaban J connectivity index is 2.22. The van der Waals surface area contributed by atoms with Crippen molar-refractivity contribution in [2.45, 2.75) is 65.6 Å². The Morgan fingerprint density at radius 1 is 1.29 bits per heavy atom. The predicted molar refractivity (Wildman–Crippen MR) is 140 cm³/mol. The number of carbonyl (C=O) groups excluding carboxylic acids is 1. The number of hydrogen-bond donors (Lipinski definition) is 2. The first kappa shape index (κ1) is 28.6. The van der Waals surface area contributed by atoms with E-state index < -0.39 is 34.5 Å². The molecule has 0 bridgehead atoms. The lowest BCUT2D eigenvalue weighted by molar-refractivity contribution is -0.129. The lowest BCUT2D eigenvalue weighted by Gasteiger charge is -2.27. The lowest BCUT2D eigenvalue weighted by Crippen LogP contribution is -2.56. The summed E-state index contributed by atoms with van der Waals surface area (Å²) in [6, 6.07) is 5.61. The van der Waals surface area contributed by atoms with Gasteiger partial charge in [-0.05, 0) is 70.4 Å². The number of nitrogens with zero attached hydrogens (tertiary/aromatic N) is 3. The fraction of sp³-hybridized carbons (Fsp3) is 0.423. The van der Waals surface area contributed by atoms with Crippen molar-refractivity contribution in [1.29, 1.82) is 5.26 Å². The maximum absolute atomic E-state index is 14.1. The van der Waals surface area contributed by atoms with E-state index in [9.17, 15) is 28.7 Å². The molecule has 0 aliphatic heterocycles. The summed E-state index contributed by atoms with van der Waals surface area (Å²) in [5, 5.41) is 21.2. The van der Waals surface area contributed by atoms with Gasteiger partial charge in [-0.2, -0.15) is 5.26 Å². The van der Waals surface area contributed by atoms with Gasteiger partial charge in [-0.15, -0.1) is 11.3 Å². The minimum Gasteiger partial charge on any atom is -0.492 e. The highest BCUT2D eigenvalue weighted by Gasteiger charge is 2.36. The number of hydrogen-bond acceptors (Lipinski definition) is 7. The third-order valence-corrected chi connectivity index (χ3v) is 7.34. The van der Waals surface area contributed by atoms with Crippen LogP contribution in [-0.4, -0.2) is 38.8 Å². The normalized spacial score (nSPS) is 11.5. The van der Waals surface area contributed by atoms with E-state index >= 15 is 0 Å². The lowest BCUT2D eigenvalue weighted by atomic mass is 10.0. The van der Waals surface area contributed by atoms with Gasteiger partial charge < -0.3 is 15.2 Å². The maximum Gasteiger partial charge on any atom is 0.346 e. The fourth-order valence-corrected chi connectivity index (χ4v) is 5.26. The molecule has 38 heavy (non-hydrogen) atoms. The SMILES string of the molecule is Cc1c(C(=O)O)sc2c1c(=O)n(C(C)(C)C(=O)NC(C)C)c(=O)n2CCc1cc(F)ccc1OCCC#N. The summed E-state index contributed by atoms with van der Waals surface area (Å²) in [6.07, 6.45) is 0.215. The molecule has 10 nitrogen and oxygen atoms in total. The van der Waals surface area contributed by atoms with Gasteiger partial charge in [0, 0.05) is 12.6 Å². The van der Waals surface area contributed by atoms with E-state index in [4.69, 9.17) is 10.00 Å². The summed E-state index contributed by atoms with van der Waals surface area (Å²) in [4.78, 5) is 52.3. The van der Waals surface area contributed by atoms with Gasteiger partial charge in [0.25, 0.3) is 5.56 Å². The highest BCUT2D eigenvalue weighted by molar-refractivity contribution is 7.20. The van der Waals surface area contributed by atoms with E-state index in [0.29, 0.717) is 11.3 Å². The summed E-state index contributed by atoms with van der Waals surface area (Å²) in [7, 11) is 0. The molecule has 0 atom stereocenters. The van der Waals surface area contributed by atoms with Crippen molar-refractivity contribution in [2.75, 3.05) is 6.61 Å². The number of halogens is 1. The van der Waals surface area contributed by atoms with Crippen molar-refractivity contribution >= 4 is 33.4 Å². The van der Waals surface area contributed by atoms with Crippen molar-refractivity contribution in [1.82, 2.24) is 14.5 Å². The molecule has 2 N–H and O–H groups in total. The number of aromatic nitrogens is 2. The Bertz CT molecular complexity index is 1560. The van der Waals surface area contributed by atoms with E-state index in [1.54, 1.807) is 13.8 Å². The van der Waals surface area contributed by atoms with Crippen LogP contribution in [0.25, 0.3) is 10.2 Å². The van der Waals surface area contributed by atoms with Gasteiger partial charge in [0.15, 0.2) is 0 Å². The summed E-state index contributed by atoms with van der Waals surface area (Å²) < 4.78 is 21.8. The van der Waals surface area contributed by atoms with Crippen LogP contribution in [0.4, 0.5) is 4.39 Å². The van der Waals surface area contributed by atoms with Crippen LogP contribution in [0.5, 0.6) is 5.75 Å². The molecule has 0 saturated heterocycles. The largest absolute Gasteiger partial charge is 0.492 e. The number of benzene rings is 1. The minimum atomic E-state index is -1.60. The van der Waals surface area contributed by atoms with E-state index in [0.717, 1.165) is 15.9 Å². The zero-order chi connectivity index (χ0) is 28.4. The number of aryl methyl sites for hydroxylation is 3. The van der Waals surface area contributed by atoms with Crippen molar-refractivity contribution < 1.29 is 23.8 Å². The number of fused-ring (bicyclic) bond motifs is 1. The number of carboxylic acids is 1. The number of amides is 1. The van der Waals surface area contributed by atoms with Crippen LogP contribution in [0, 0.1) is 24.1 Å². The van der Waals surface area contributed by atoms with Crippen LogP contribution in [-0.2, 0) is 23.3 Å². The first-order chi connectivity index (χ1) is 17.8. The molecule has 0 spiro atoms. The van der Waals surface area contributed by atoms with Gasteiger partial charge in [-0.1, -0.05) is 0 Å². The van der Waals surface area contributed by atoms with Crippen LogP contribution >= 0.6 is 11.3 Å². The molecule has 1 amide bonds. The van der Waals surface area contributed by atoms with E-state index in [2.05, 4.69) is 5.32 Å². The summed E-state index contributed by atoms with van der Waals surface area (Å²) in [5.41, 5.74) is -2.55. The Labute approximate surface area is 221 Å². The highest BCUT2D eigenvalue weighted by Crippen LogP contribution is 2.29. The zero-order valence-electron chi connectivity index (χ0n) is 21.8. The third-order valence-electron chi connectivity index (χ3n) is 6.04. The Hall–Kier alpha value is -3.98. The van der Waals surface area contributed by atoms with Gasteiger partial charge in [-0.3, -0.25) is 14.2 Å². The minimum absolute atomic E-state index is 0.0298. The number of nitriles is 1. The monoisotopic (exact) mass is 544 g/mol. The van der Waals surface area contributed by atoms with E-state index in [-0.39, 0.29) is 52.7 Å². The topological polar surface area (TPSA) is 143 Å². The molecule has 2 aromatic heterocycles. The van der Waals surface area contributed by atoms with Crippen molar-refractivity contribution in [3.8, 4) is 11.8 Å². The first-order valence-electron chi connectivity index (χ1n) is 11.9. The maximum atomic E-state index is 14.1. The Morgan fingerprint density at radius 2 is 1.97 bits per heavy atom. The number of nitrogens with one attached hydrogen (secondary N) is 1. The average molecular weight is 545 g/mol. The number of thiophene rings is 1. The van der Waals surface area contributed by atoms with Gasteiger partial charge in [0.2, 0.25) is 5.91 Å². The smallest absolute Gasteiger partial charge is 0.346 e. The molecule has 1 aromatic carbocycles. The standard InChI is InChI=1S/C26H29FN4O6S/c1-14(2)29-24(35)26(4,5)31-21(32)19-15(3)20(23(33)34)38-22(19)30(25(31)36)11-9-16-13-17(27)7-8-18(16)37-12-6-10-28/h7-8,13-14H,6,9,11-12H2,1-5H3,(H,29,35)(H,33,34). The number of aromatic carboxylic acids is 1. The summed E-state index contributed by atoms with van der Waals surface area (Å²) in [5.74, 6) is -1.99. The molecule has 12 heteroatoms. The quantitative estimate of drug-likeness (QED) is 0.373. The molecule has 202 valence electrons. The molecular weight excluding hydrogens is 515 g/mol. The first-order valence-corrected chi connectivity index (χ1v) is 12.7. The second-order valence-electron chi connectivity index (χ2n) is 9.56. The molecule has 2 heterocycles. The molecule has 0 aliphatic rings. The van der Waals surface area contributed by atoms with Gasteiger partial charge in [0.1, 0.15) is 33.4 Å². The van der Waals surface area contributed by atoms with Crippen LogP contribution in [0.15, 0.2) is 27.8 Å². The fourth-order valence-electron chi connectivity index (χ4n) is 4.10. The Morgan fingerprint density at radius 3 is 2.58 bits per heavy atom. The molecule has 0 aliphatic carbocycles. The third kappa shape index (κ3) is 5.47. The van der Waals surface area contributed by atoms with Crippen LogP contribution < -0.4 is 21.3 Å². The number of ether oxygens (including phenoxy) is 1. The number of carbonyl (C=O) groups is 2. The predicted octanol–water partition coefficient (Wildman–Crippen LogP) is 3.17. The van der Waals surface area contributed by atoms with Crippen molar-refractivity contribution in [2.24, 2.45) is 0 Å². The summed E-state index contributed by atoms with van der Waals surface area (Å²) >= 11 is 0.793. The van der Waals surface area contributed by atoms with Gasteiger partial charge >= 0.3 is 11.7 Å². The van der Waals surface area contributed by atoms with Gasteiger partial charge in [-0.25, -0.2) is 18.5 Å². The highest BCUT2D eigenvalue weighted by atomic mass is 32.1. The van der Waals surface area contributed by atoms with E-state index in [1.165, 1.54) is 43.5 Å². The van der Waals surface area contributed by atoms with Crippen LogP contribution in [0.2, 0.25) is 0 Å². The van der Waals surface area contributed by atoms with Crippen molar-refractivity contribution in [3.63, 3.8) is 0 Å². The van der Waals surface area contributed by atoms with E-state index in [1.807, 2.05) is 6.07 Å². The molecule has 0 unspecified atom stereocenters. The molecule has 0 radical (unpaired) electrons. The Kier molecular flexibility index (Phi) is 8.41. The zero-order valence-corrected chi connectivity index (χ0v) is 22.6. The van der Waals surface area contributed by atoms with Gasteiger partial charge in [0.05, 0.1) is 17.9 Å². The molecular formula is C26H29FN4O6S. The van der Waals surface area contributed by atoms with Crippen molar-refractivity contribution in [3.05, 3.63) is 60.9 Å². The number of carboxylic acid groups (broad SMARTS) is 1. The molecule has 0 saturated carbocycles. The average Bonchev–Trinajstić information content (AvgIpc) is 3.17. The molecule has 3 aromatic rings. The molecule has 3 rings (SSSR count). The number of rotatable bonds is 10. The second-order valence-corrected chi connectivity index (χ2v) is 10.6.